The molecule has 0 unspecified atom stereocenters. The molecule has 1 fully saturated rings. The molecule has 0 radical (unpaired) electrons. The average molecular weight is 304 g/mol. The third kappa shape index (κ3) is 4.31. The fraction of sp³-hybridized carbons (Fsp3) is 0.529. The van der Waals surface area contributed by atoms with E-state index in [1.165, 1.54) is 0 Å². The minimum absolute atomic E-state index is 0.0124. The van der Waals surface area contributed by atoms with E-state index in [1.807, 2.05) is 4.90 Å². The van der Waals surface area contributed by atoms with Crippen molar-refractivity contribution in [1.29, 1.82) is 0 Å². The minimum Gasteiger partial charge on any atom is -0.383 e. The van der Waals surface area contributed by atoms with Gasteiger partial charge in [-0.1, -0.05) is 13.0 Å². The quantitative estimate of drug-likeness (QED) is 0.846. The first kappa shape index (κ1) is 16.5. The van der Waals surface area contributed by atoms with Crippen molar-refractivity contribution in [2.45, 2.75) is 19.8 Å². The molecule has 1 heterocycles. The van der Waals surface area contributed by atoms with Gasteiger partial charge in [0.2, 0.25) is 0 Å². The van der Waals surface area contributed by atoms with E-state index in [4.69, 9.17) is 4.74 Å². The van der Waals surface area contributed by atoms with Crippen molar-refractivity contribution < 1.29 is 14.3 Å². The topological polar surface area (TPSA) is 58.6 Å². The van der Waals surface area contributed by atoms with E-state index in [2.05, 4.69) is 12.2 Å². The molecular weight excluding hydrogens is 280 g/mol. The molecule has 5 heteroatoms. The summed E-state index contributed by atoms with van der Waals surface area (Å²) in [4.78, 5) is 26.4. The lowest BCUT2D eigenvalue weighted by atomic mass is 9.98. The van der Waals surface area contributed by atoms with Crippen LogP contribution in [-0.4, -0.2) is 50.1 Å². The number of hydrogen-bond donors (Lipinski definition) is 1. The van der Waals surface area contributed by atoms with Gasteiger partial charge in [-0.2, -0.15) is 0 Å². The molecule has 2 rings (SSSR count). The number of piperidine rings is 1. The molecule has 0 aliphatic carbocycles. The van der Waals surface area contributed by atoms with Gasteiger partial charge in [0, 0.05) is 37.9 Å². The van der Waals surface area contributed by atoms with Crippen LogP contribution in [-0.2, 0) is 4.74 Å². The third-order valence-electron chi connectivity index (χ3n) is 4.03. The minimum atomic E-state index is -0.182. The summed E-state index contributed by atoms with van der Waals surface area (Å²) in [5.74, 6) is 0.513. The number of likely N-dealkylation sites (tertiary alicyclic amines) is 1. The van der Waals surface area contributed by atoms with Crippen LogP contribution in [0.15, 0.2) is 24.3 Å². The van der Waals surface area contributed by atoms with Gasteiger partial charge in [0.05, 0.1) is 6.61 Å². The summed E-state index contributed by atoms with van der Waals surface area (Å²) in [6, 6.07) is 6.91. The summed E-state index contributed by atoms with van der Waals surface area (Å²) in [7, 11) is 1.59. The van der Waals surface area contributed by atoms with Gasteiger partial charge < -0.3 is 15.0 Å². The standard InChI is InChI=1S/C17H24N2O3/c1-13-6-9-19(10-7-13)17(21)15-5-3-4-14(12-15)16(20)18-8-11-22-2/h3-5,12-13H,6-11H2,1-2H3,(H,18,20). The molecule has 1 N–H and O–H groups in total. The van der Waals surface area contributed by atoms with Gasteiger partial charge >= 0.3 is 0 Å². The van der Waals surface area contributed by atoms with Gasteiger partial charge in [-0.3, -0.25) is 9.59 Å². The number of rotatable bonds is 5. The zero-order valence-corrected chi connectivity index (χ0v) is 13.3. The number of nitrogens with zero attached hydrogens (tertiary/aromatic N) is 1. The van der Waals surface area contributed by atoms with Gasteiger partial charge in [-0.25, -0.2) is 0 Å². The van der Waals surface area contributed by atoms with Crippen molar-refractivity contribution in [3.05, 3.63) is 35.4 Å². The highest BCUT2D eigenvalue weighted by atomic mass is 16.5. The van der Waals surface area contributed by atoms with Crippen molar-refractivity contribution in [3.8, 4) is 0 Å². The number of nitrogens with one attached hydrogen (secondary N) is 1. The van der Waals surface area contributed by atoms with E-state index < -0.39 is 0 Å². The fourth-order valence-electron chi connectivity index (χ4n) is 2.56. The SMILES string of the molecule is COCCNC(=O)c1cccc(C(=O)N2CCC(C)CC2)c1. The zero-order chi connectivity index (χ0) is 15.9. The van der Waals surface area contributed by atoms with E-state index in [1.54, 1.807) is 31.4 Å². The van der Waals surface area contributed by atoms with E-state index in [9.17, 15) is 9.59 Å². The van der Waals surface area contributed by atoms with Crippen LogP contribution in [0, 0.1) is 5.92 Å². The monoisotopic (exact) mass is 304 g/mol. The highest BCUT2D eigenvalue weighted by Gasteiger charge is 2.21. The number of methoxy groups -OCH3 is 1. The lowest BCUT2D eigenvalue weighted by Crippen LogP contribution is -2.38. The highest BCUT2D eigenvalue weighted by molar-refractivity contribution is 5.99. The molecule has 1 aliphatic heterocycles. The molecule has 2 amide bonds. The van der Waals surface area contributed by atoms with Crippen molar-refractivity contribution >= 4 is 11.8 Å². The van der Waals surface area contributed by atoms with Gasteiger partial charge in [0.1, 0.15) is 0 Å². The van der Waals surface area contributed by atoms with Crippen LogP contribution in [0.3, 0.4) is 0 Å². The van der Waals surface area contributed by atoms with Crippen LogP contribution in [0.1, 0.15) is 40.5 Å². The smallest absolute Gasteiger partial charge is 0.253 e. The number of ether oxygens (including phenoxy) is 1. The lowest BCUT2D eigenvalue weighted by molar-refractivity contribution is 0.0697. The highest BCUT2D eigenvalue weighted by Crippen LogP contribution is 2.18. The Kier molecular flexibility index (Phi) is 5.95. The Hall–Kier alpha value is -1.88. The van der Waals surface area contributed by atoms with Crippen molar-refractivity contribution in [2.24, 2.45) is 5.92 Å². The van der Waals surface area contributed by atoms with Crippen LogP contribution in [0.5, 0.6) is 0 Å². The molecule has 120 valence electrons. The predicted octanol–water partition coefficient (Wildman–Crippen LogP) is 1.93. The Bertz CT molecular complexity index is 522. The molecule has 0 bridgehead atoms. The molecule has 0 atom stereocenters. The Labute approximate surface area is 131 Å². The molecule has 1 aromatic rings. The Balaban J connectivity index is 2.01. The van der Waals surface area contributed by atoms with E-state index in [0.717, 1.165) is 25.9 Å². The van der Waals surface area contributed by atoms with E-state index in [-0.39, 0.29) is 11.8 Å². The molecule has 5 nitrogen and oxygen atoms in total. The molecule has 0 spiro atoms. The van der Waals surface area contributed by atoms with Crippen LogP contribution in [0.25, 0.3) is 0 Å². The summed E-state index contributed by atoms with van der Waals surface area (Å²) in [5.41, 5.74) is 1.08. The maximum absolute atomic E-state index is 12.5. The van der Waals surface area contributed by atoms with Crippen LogP contribution >= 0.6 is 0 Å². The van der Waals surface area contributed by atoms with Crippen molar-refractivity contribution in [1.82, 2.24) is 10.2 Å². The summed E-state index contributed by atoms with van der Waals surface area (Å²) in [6.07, 6.45) is 2.09. The van der Waals surface area contributed by atoms with Crippen molar-refractivity contribution in [3.63, 3.8) is 0 Å². The summed E-state index contributed by atoms with van der Waals surface area (Å²) >= 11 is 0. The number of hydrogen-bond acceptors (Lipinski definition) is 3. The van der Waals surface area contributed by atoms with Crippen LogP contribution < -0.4 is 5.32 Å². The molecule has 0 saturated carbocycles. The first-order chi connectivity index (χ1) is 10.6. The van der Waals surface area contributed by atoms with Gasteiger partial charge in [-0.15, -0.1) is 0 Å². The first-order valence-corrected chi connectivity index (χ1v) is 7.78. The molecule has 22 heavy (non-hydrogen) atoms. The molecule has 1 aliphatic rings. The second kappa shape index (κ2) is 7.94. The fourth-order valence-corrected chi connectivity index (χ4v) is 2.56. The summed E-state index contributed by atoms with van der Waals surface area (Å²) in [6.45, 7) is 4.73. The molecule has 1 aromatic carbocycles. The normalized spacial score (nSPS) is 15.6. The molecular formula is C17H24N2O3. The Morgan fingerprint density at radius 2 is 1.95 bits per heavy atom. The maximum Gasteiger partial charge on any atom is 0.253 e. The number of carbonyl (C=O) groups is 2. The molecule has 1 saturated heterocycles. The Morgan fingerprint density at radius 1 is 1.27 bits per heavy atom. The third-order valence-corrected chi connectivity index (χ3v) is 4.03. The van der Waals surface area contributed by atoms with E-state index in [0.29, 0.717) is 30.2 Å². The number of carbonyl (C=O) groups excluding carboxylic acids is 2. The lowest BCUT2D eigenvalue weighted by Gasteiger charge is -2.30. The van der Waals surface area contributed by atoms with Crippen LogP contribution in [0.2, 0.25) is 0 Å². The Morgan fingerprint density at radius 3 is 2.64 bits per heavy atom. The predicted molar refractivity (Wildman–Crippen MR) is 85.0 cm³/mol. The largest absolute Gasteiger partial charge is 0.383 e. The van der Waals surface area contributed by atoms with Gasteiger partial charge in [-0.05, 0) is 37.0 Å². The molecule has 0 aromatic heterocycles. The average Bonchev–Trinajstić information content (AvgIpc) is 2.55. The number of benzene rings is 1. The van der Waals surface area contributed by atoms with Gasteiger partial charge in [0.15, 0.2) is 0 Å². The van der Waals surface area contributed by atoms with E-state index >= 15 is 0 Å². The summed E-state index contributed by atoms with van der Waals surface area (Å²) in [5, 5.41) is 2.76. The first-order valence-electron chi connectivity index (χ1n) is 7.78. The van der Waals surface area contributed by atoms with Crippen molar-refractivity contribution in [2.75, 3.05) is 33.4 Å². The summed E-state index contributed by atoms with van der Waals surface area (Å²) < 4.78 is 4.90. The number of amides is 2. The zero-order valence-electron chi connectivity index (χ0n) is 13.3. The second-order valence-electron chi connectivity index (χ2n) is 5.80. The maximum atomic E-state index is 12.5. The van der Waals surface area contributed by atoms with Crippen LogP contribution in [0.4, 0.5) is 0 Å². The van der Waals surface area contributed by atoms with Gasteiger partial charge in [0.25, 0.3) is 11.8 Å². The second-order valence-corrected chi connectivity index (χ2v) is 5.80.